The van der Waals surface area contributed by atoms with Gasteiger partial charge in [0, 0.05) is 6.42 Å². The minimum atomic E-state index is -1.07. The van der Waals surface area contributed by atoms with E-state index in [1.54, 1.807) is 26.0 Å². The van der Waals surface area contributed by atoms with E-state index in [1.165, 1.54) is 12.1 Å². The zero-order valence-corrected chi connectivity index (χ0v) is 27.7. The van der Waals surface area contributed by atoms with Crippen molar-refractivity contribution in [2.45, 2.75) is 109 Å². The summed E-state index contributed by atoms with van der Waals surface area (Å²) in [6.45, 7) is 8.18. The first kappa shape index (κ1) is 40.3. The molecular formula is C32H56N8O6. The Morgan fingerprint density at radius 1 is 0.696 bits per heavy atom. The normalized spacial score (nSPS) is 14.5. The topological polar surface area (TPSA) is 258 Å². The first-order valence-corrected chi connectivity index (χ1v) is 16.1. The van der Waals surface area contributed by atoms with E-state index in [-0.39, 0.29) is 36.8 Å². The van der Waals surface area contributed by atoms with Gasteiger partial charge in [-0.25, -0.2) is 0 Å². The van der Waals surface area contributed by atoms with E-state index in [0.717, 1.165) is 6.42 Å². The van der Waals surface area contributed by atoms with E-state index in [0.29, 0.717) is 44.3 Å². The number of amides is 5. The molecule has 260 valence electrons. The van der Waals surface area contributed by atoms with Crippen molar-refractivity contribution in [2.75, 3.05) is 13.1 Å². The van der Waals surface area contributed by atoms with Crippen LogP contribution in [0.15, 0.2) is 24.3 Å². The van der Waals surface area contributed by atoms with Gasteiger partial charge < -0.3 is 49.3 Å². The van der Waals surface area contributed by atoms with Gasteiger partial charge >= 0.3 is 0 Å². The minimum Gasteiger partial charge on any atom is -0.508 e. The minimum absolute atomic E-state index is 0.0138. The van der Waals surface area contributed by atoms with Gasteiger partial charge in [-0.15, -0.1) is 0 Å². The number of carbonyl (C=O) groups is 5. The molecule has 14 nitrogen and oxygen atoms in total. The summed E-state index contributed by atoms with van der Waals surface area (Å²) >= 11 is 0. The lowest BCUT2D eigenvalue weighted by Gasteiger charge is -2.28. The van der Waals surface area contributed by atoms with Gasteiger partial charge in [0.15, 0.2) is 0 Å². The number of nitrogens with one attached hydrogen (secondary N) is 4. The second kappa shape index (κ2) is 21.1. The third-order valence-electron chi connectivity index (χ3n) is 7.51. The van der Waals surface area contributed by atoms with Crippen LogP contribution in [0.1, 0.15) is 78.2 Å². The number of hydrogen-bond donors (Lipinski definition) is 9. The van der Waals surface area contributed by atoms with Gasteiger partial charge in [0.05, 0.1) is 6.04 Å². The zero-order valence-electron chi connectivity index (χ0n) is 27.7. The maximum atomic E-state index is 13.6. The van der Waals surface area contributed by atoms with Crippen LogP contribution in [0.2, 0.25) is 0 Å². The summed E-state index contributed by atoms with van der Waals surface area (Å²) in [6.07, 6.45) is 3.53. The summed E-state index contributed by atoms with van der Waals surface area (Å²) in [5, 5.41) is 20.4. The molecule has 0 unspecified atom stereocenters. The van der Waals surface area contributed by atoms with Crippen LogP contribution in [0.3, 0.4) is 0 Å². The molecule has 1 rings (SSSR count). The van der Waals surface area contributed by atoms with Gasteiger partial charge in [0.25, 0.3) is 0 Å². The van der Waals surface area contributed by atoms with Crippen LogP contribution in [0.4, 0.5) is 0 Å². The van der Waals surface area contributed by atoms with Crippen LogP contribution in [-0.2, 0) is 30.4 Å². The van der Waals surface area contributed by atoms with Crippen molar-refractivity contribution < 1.29 is 29.1 Å². The summed E-state index contributed by atoms with van der Waals surface area (Å²) < 4.78 is 0. The molecule has 0 aliphatic rings. The maximum absolute atomic E-state index is 13.6. The number of rotatable bonds is 22. The molecule has 46 heavy (non-hydrogen) atoms. The predicted molar refractivity (Wildman–Crippen MR) is 177 cm³/mol. The average Bonchev–Trinajstić information content (AvgIpc) is 2.99. The highest BCUT2D eigenvalue weighted by atomic mass is 16.3. The molecule has 5 atom stereocenters. The Morgan fingerprint density at radius 3 is 1.74 bits per heavy atom. The molecule has 0 aromatic heterocycles. The van der Waals surface area contributed by atoms with Gasteiger partial charge in [-0.2, -0.15) is 0 Å². The number of carbonyl (C=O) groups excluding carboxylic acids is 5. The van der Waals surface area contributed by atoms with Gasteiger partial charge in [0.1, 0.15) is 29.9 Å². The summed E-state index contributed by atoms with van der Waals surface area (Å²) in [7, 11) is 0. The lowest BCUT2D eigenvalue weighted by atomic mass is 9.99. The van der Waals surface area contributed by atoms with E-state index in [2.05, 4.69) is 21.3 Å². The smallest absolute Gasteiger partial charge is 0.243 e. The molecule has 0 saturated carbocycles. The van der Waals surface area contributed by atoms with Crippen LogP contribution < -0.4 is 44.2 Å². The van der Waals surface area contributed by atoms with Crippen molar-refractivity contribution in [3.8, 4) is 5.75 Å². The van der Waals surface area contributed by atoms with Gasteiger partial charge in [-0.3, -0.25) is 24.0 Å². The SMILES string of the molecule is CC(C)C[C@H](NC(=O)[C@H](CCCCN)NC(=O)[C@@H](NC(=O)[C@@H](N)CCCCN)C(C)C)C(=O)N[C@@H](Cc1ccc(O)cc1)C(N)=O. The van der Waals surface area contributed by atoms with Crippen molar-refractivity contribution in [2.24, 2.45) is 34.8 Å². The molecule has 0 aliphatic carbocycles. The van der Waals surface area contributed by atoms with Gasteiger partial charge in [0.2, 0.25) is 29.5 Å². The zero-order chi connectivity index (χ0) is 34.8. The van der Waals surface area contributed by atoms with Crippen molar-refractivity contribution in [1.82, 2.24) is 21.3 Å². The van der Waals surface area contributed by atoms with Crippen LogP contribution in [-0.4, -0.2) is 77.9 Å². The predicted octanol–water partition coefficient (Wildman–Crippen LogP) is -0.353. The summed E-state index contributed by atoms with van der Waals surface area (Å²) in [5.74, 6) is -3.26. The highest BCUT2D eigenvalue weighted by molar-refractivity contribution is 5.95. The molecule has 5 amide bonds. The van der Waals surface area contributed by atoms with E-state index >= 15 is 0 Å². The van der Waals surface area contributed by atoms with Gasteiger partial charge in [-0.05, 0) is 81.1 Å². The summed E-state index contributed by atoms with van der Waals surface area (Å²) in [6, 6.07) is 1.26. The second-order valence-electron chi connectivity index (χ2n) is 12.5. The fourth-order valence-electron chi connectivity index (χ4n) is 4.80. The number of hydrogen-bond acceptors (Lipinski definition) is 9. The van der Waals surface area contributed by atoms with Crippen molar-refractivity contribution in [3.63, 3.8) is 0 Å². The lowest BCUT2D eigenvalue weighted by molar-refractivity contribution is -0.135. The van der Waals surface area contributed by atoms with Crippen LogP contribution in [0, 0.1) is 11.8 Å². The number of benzene rings is 1. The molecule has 1 aromatic carbocycles. The second-order valence-corrected chi connectivity index (χ2v) is 12.5. The molecular weight excluding hydrogens is 592 g/mol. The Hall–Kier alpha value is -3.75. The molecule has 0 bridgehead atoms. The van der Waals surface area contributed by atoms with Crippen LogP contribution in [0.25, 0.3) is 0 Å². The molecule has 1 aromatic rings. The van der Waals surface area contributed by atoms with Crippen molar-refractivity contribution in [1.29, 1.82) is 0 Å². The quantitative estimate of drug-likeness (QED) is 0.0743. The number of phenols is 1. The highest BCUT2D eigenvalue weighted by Crippen LogP contribution is 2.13. The van der Waals surface area contributed by atoms with Crippen molar-refractivity contribution in [3.05, 3.63) is 29.8 Å². The molecule has 14 heteroatoms. The van der Waals surface area contributed by atoms with E-state index in [9.17, 15) is 29.1 Å². The van der Waals surface area contributed by atoms with Crippen molar-refractivity contribution >= 4 is 29.5 Å². The fourth-order valence-corrected chi connectivity index (χ4v) is 4.80. The molecule has 0 radical (unpaired) electrons. The van der Waals surface area contributed by atoms with Gasteiger partial charge in [-0.1, -0.05) is 46.2 Å². The Kier molecular flexibility index (Phi) is 18.5. The molecule has 0 fully saturated rings. The molecule has 0 saturated heterocycles. The molecule has 0 spiro atoms. The highest BCUT2D eigenvalue weighted by Gasteiger charge is 2.32. The maximum Gasteiger partial charge on any atom is 0.243 e. The third kappa shape index (κ3) is 15.0. The summed E-state index contributed by atoms with van der Waals surface area (Å²) in [4.78, 5) is 65.4. The fraction of sp³-hybridized carbons (Fsp3) is 0.656. The third-order valence-corrected chi connectivity index (χ3v) is 7.51. The Bertz CT molecular complexity index is 1110. The van der Waals surface area contributed by atoms with Crippen LogP contribution >= 0.6 is 0 Å². The standard InChI is InChI=1S/C32H56N8O6/c1-19(2)17-26(31(45)38-25(28(36)42)18-21-11-13-22(41)14-12-21)39-30(44)24(10-6-8-16-34)37-32(46)27(20(3)4)40-29(43)23(35)9-5-7-15-33/h11-14,19-20,23-27,41H,5-10,15-18,33-35H2,1-4H3,(H2,36,42)(H,37,46)(H,38,45)(H,39,44)(H,40,43)/t23-,24-,25-,26-,27-/m0/s1. The largest absolute Gasteiger partial charge is 0.508 e. The van der Waals surface area contributed by atoms with E-state index in [1.807, 2.05) is 13.8 Å². The number of phenolic OH excluding ortho intramolecular Hbond substituents is 1. The van der Waals surface area contributed by atoms with E-state index < -0.39 is 59.7 Å². The van der Waals surface area contributed by atoms with E-state index in [4.69, 9.17) is 22.9 Å². The van der Waals surface area contributed by atoms with Crippen LogP contribution in [0.5, 0.6) is 5.75 Å². The number of aromatic hydroxyl groups is 1. The number of unbranched alkanes of at least 4 members (excludes halogenated alkanes) is 2. The first-order chi connectivity index (χ1) is 21.7. The molecule has 0 heterocycles. The lowest BCUT2D eigenvalue weighted by Crippen LogP contribution is -2.59. The Morgan fingerprint density at radius 2 is 1.22 bits per heavy atom. The number of nitrogens with two attached hydrogens (primary N) is 4. The first-order valence-electron chi connectivity index (χ1n) is 16.1. The monoisotopic (exact) mass is 648 g/mol. The summed E-state index contributed by atoms with van der Waals surface area (Å²) in [5.41, 5.74) is 23.4. The Labute approximate surface area is 272 Å². The molecule has 13 N–H and O–H groups in total. The number of primary amides is 1. The Balaban J connectivity index is 3.10. The average molecular weight is 649 g/mol. The molecule has 0 aliphatic heterocycles.